The Kier molecular flexibility index (Phi) is 14.7. The van der Waals surface area contributed by atoms with E-state index in [0.29, 0.717) is 71.4 Å². The van der Waals surface area contributed by atoms with Gasteiger partial charge in [-0.3, -0.25) is 14.4 Å². The fraction of sp³-hybridized carbons (Fsp3) is 0.558. The van der Waals surface area contributed by atoms with E-state index in [-0.39, 0.29) is 67.5 Å². The number of carbonyl (C=O) groups excluding carboxylic acids is 2. The van der Waals surface area contributed by atoms with Gasteiger partial charge in [0.2, 0.25) is 0 Å². The number of allylic oxidation sites excluding steroid dienone is 8. The highest BCUT2D eigenvalue weighted by molar-refractivity contribution is 6.05. The Labute approximate surface area is 373 Å². The number of amides is 1. The lowest BCUT2D eigenvalue weighted by Crippen LogP contribution is -2.49. The molecule has 3 heterocycles. The fourth-order valence-electron chi connectivity index (χ4n) is 9.77. The predicted octanol–water partition coefficient (Wildman–Crippen LogP) is 9.64. The molecule has 1 aliphatic carbocycles. The molecule has 1 unspecified atom stereocenters. The summed E-state index contributed by atoms with van der Waals surface area (Å²) >= 11 is 0. The standard InChI is InChI=1S/C52H69NO10/c1-30(2)14-9-16-32(5)18-11-21-51(7)44(56)27-39-42(54)25-36-37(47(39)62-51)24-35(46(36)58)34(50(60)61)20-13-23-53-29-41-38(49(53)59)26-43(55)40-28-45(57)52(8,63-48(40)41)22-12-19-33(6)17-10-15-31(3)4/h14-15,18-19,25-26,34-35,44-45,54-57H,9-13,16-17,20-24,27-29H2,1-8H3,(H,60,61)/b32-18+,33-19+/t34-,35?,44+,45+,51+,52+/m1/s1. The summed E-state index contributed by atoms with van der Waals surface area (Å²) in [6.07, 6.45) is 14.1. The maximum atomic E-state index is 14.0. The van der Waals surface area contributed by atoms with Crippen molar-refractivity contribution in [1.29, 1.82) is 0 Å². The zero-order chi connectivity index (χ0) is 46.0. The second-order valence-electron chi connectivity index (χ2n) is 19.5. The summed E-state index contributed by atoms with van der Waals surface area (Å²) in [7, 11) is 0. The van der Waals surface area contributed by atoms with Crippen LogP contribution >= 0.6 is 0 Å². The molecule has 0 fully saturated rings. The minimum Gasteiger partial charge on any atom is -0.508 e. The van der Waals surface area contributed by atoms with Gasteiger partial charge in [-0.15, -0.1) is 0 Å². The molecule has 11 heteroatoms. The number of carbonyl (C=O) groups is 3. The van der Waals surface area contributed by atoms with E-state index in [1.165, 1.54) is 34.4 Å². The van der Waals surface area contributed by atoms with Gasteiger partial charge < -0.3 is 39.9 Å². The number of carboxylic acids is 1. The number of aliphatic hydroxyl groups excluding tert-OH is 2. The second kappa shape index (κ2) is 19.5. The molecule has 0 radical (unpaired) electrons. The molecule has 6 atom stereocenters. The number of phenols is 2. The van der Waals surface area contributed by atoms with E-state index in [1.807, 2.05) is 13.8 Å². The van der Waals surface area contributed by atoms with Crippen molar-refractivity contribution in [3.8, 4) is 23.0 Å². The number of hydrogen-bond acceptors (Lipinski definition) is 9. The van der Waals surface area contributed by atoms with E-state index in [9.17, 15) is 39.9 Å². The first-order valence-electron chi connectivity index (χ1n) is 22.9. The zero-order valence-electron chi connectivity index (χ0n) is 38.6. The molecular weight excluding hydrogens is 799 g/mol. The molecule has 1 amide bonds. The Morgan fingerprint density at radius 2 is 1.22 bits per heavy atom. The molecule has 2 aromatic carbocycles. The molecule has 0 saturated heterocycles. The number of benzene rings is 2. The summed E-state index contributed by atoms with van der Waals surface area (Å²) in [6.45, 7) is 16.7. The van der Waals surface area contributed by atoms with Gasteiger partial charge in [0.25, 0.3) is 5.91 Å². The minimum atomic E-state index is -1.12. The minimum absolute atomic E-state index is 0.106. The molecular formula is C52H69NO10. The van der Waals surface area contributed by atoms with E-state index in [4.69, 9.17) is 9.47 Å². The number of rotatable bonds is 18. The Balaban J connectivity index is 1.11. The van der Waals surface area contributed by atoms with Crippen molar-refractivity contribution in [2.45, 2.75) is 169 Å². The lowest BCUT2D eigenvalue weighted by atomic mass is 9.83. The second-order valence-corrected chi connectivity index (χ2v) is 19.5. The van der Waals surface area contributed by atoms with Crippen LogP contribution in [0.25, 0.3) is 0 Å². The molecule has 4 aliphatic rings. The highest BCUT2D eigenvalue weighted by atomic mass is 16.5. The predicted molar refractivity (Wildman–Crippen MR) is 244 cm³/mol. The molecule has 6 rings (SSSR count). The van der Waals surface area contributed by atoms with E-state index < -0.39 is 41.2 Å². The van der Waals surface area contributed by atoms with Crippen molar-refractivity contribution >= 4 is 17.7 Å². The van der Waals surface area contributed by atoms with Crippen molar-refractivity contribution in [3.05, 3.63) is 92.1 Å². The first-order chi connectivity index (χ1) is 29.7. The zero-order valence-corrected chi connectivity index (χ0v) is 38.6. The molecule has 11 nitrogen and oxygen atoms in total. The number of Topliss-reactive ketones (excluding diaryl/α,β-unsaturated/α-hetero) is 1. The Morgan fingerprint density at radius 3 is 1.71 bits per heavy atom. The Hall–Kier alpha value is -4.87. The van der Waals surface area contributed by atoms with Gasteiger partial charge in [0.1, 0.15) is 34.2 Å². The molecule has 63 heavy (non-hydrogen) atoms. The van der Waals surface area contributed by atoms with E-state index in [1.54, 1.807) is 4.90 Å². The SMILES string of the molecule is CC(C)=CCC/C(C)=C/CC[C@]1(C)Oc2c(c(O)cc3c2CC([C@@H](CCCN2Cc4c(cc(O)c5c4O[C@@](C)(CC/C=C(\C)CCC=C(C)C)[C@@H](O)C5)C2=O)C(=O)O)C3=O)C[C@@H]1O. The van der Waals surface area contributed by atoms with E-state index >= 15 is 0 Å². The Bertz CT molecular complexity index is 2220. The molecule has 3 aliphatic heterocycles. The number of carboxylic acid groups (broad SMARTS) is 1. The monoisotopic (exact) mass is 867 g/mol. The maximum Gasteiger partial charge on any atom is 0.307 e. The van der Waals surface area contributed by atoms with Crippen LogP contribution in [0.5, 0.6) is 23.0 Å². The van der Waals surface area contributed by atoms with Crippen LogP contribution in [0.15, 0.2) is 58.7 Å². The van der Waals surface area contributed by atoms with Gasteiger partial charge in [-0.2, -0.15) is 0 Å². The molecule has 0 spiro atoms. The van der Waals surface area contributed by atoms with Gasteiger partial charge in [-0.25, -0.2) is 0 Å². The van der Waals surface area contributed by atoms with Gasteiger partial charge >= 0.3 is 5.97 Å². The van der Waals surface area contributed by atoms with Crippen LogP contribution < -0.4 is 9.47 Å². The quantitative estimate of drug-likeness (QED) is 0.0908. The molecule has 342 valence electrons. The number of hydrogen-bond donors (Lipinski definition) is 5. The van der Waals surface area contributed by atoms with Crippen molar-refractivity contribution in [2.75, 3.05) is 6.54 Å². The first kappa shape index (κ1) is 47.6. The number of ketones is 1. The third kappa shape index (κ3) is 10.4. The van der Waals surface area contributed by atoms with Crippen LogP contribution in [0, 0.1) is 11.8 Å². The van der Waals surface area contributed by atoms with Crippen LogP contribution in [0.4, 0.5) is 0 Å². The molecule has 0 aromatic heterocycles. The summed E-state index contributed by atoms with van der Waals surface area (Å²) in [5, 5.41) is 55.1. The molecule has 2 aromatic rings. The summed E-state index contributed by atoms with van der Waals surface area (Å²) in [4.78, 5) is 42.3. The summed E-state index contributed by atoms with van der Waals surface area (Å²) in [5.41, 5.74) is 5.81. The van der Waals surface area contributed by atoms with Gasteiger partial charge in [0.05, 0.1) is 30.2 Å². The summed E-state index contributed by atoms with van der Waals surface area (Å²) < 4.78 is 13.1. The average molecular weight is 868 g/mol. The van der Waals surface area contributed by atoms with Gasteiger partial charge in [0.15, 0.2) is 5.78 Å². The molecule has 5 N–H and O–H groups in total. The maximum absolute atomic E-state index is 14.0. The van der Waals surface area contributed by atoms with Crippen LogP contribution in [0.3, 0.4) is 0 Å². The van der Waals surface area contributed by atoms with E-state index in [2.05, 4.69) is 65.8 Å². The van der Waals surface area contributed by atoms with Crippen LogP contribution in [0.1, 0.15) is 163 Å². The molecule has 0 bridgehead atoms. The number of ether oxygens (including phenoxy) is 2. The highest BCUT2D eigenvalue weighted by Crippen LogP contribution is 2.50. The number of fused-ring (bicyclic) bond motifs is 6. The average Bonchev–Trinajstić information content (AvgIpc) is 3.69. The number of nitrogens with zero attached hydrogens (tertiary/aromatic N) is 1. The van der Waals surface area contributed by atoms with Crippen molar-refractivity contribution in [2.24, 2.45) is 11.8 Å². The van der Waals surface area contributed by atoms with Crippen molar-refractivity contribution in [1.82, 2.24) is 4.90 Å². The number of aliphatic hydroxyl groups is 2. The lowest BCUT2D eigenvalue weighted by molar-refractivity contribution is -0.143. The normalized spacial score (nSPS) is 24.5. The summed E-state index contributed by atoms with van der Waals surface area (Å²) in [6, 6.07) is 2.83. The first-order valence-corrected chi connectivity index (χ1v) is 22.9. The van der Waals surface area contributed by atoms with Crippen LogP contribution in [0.2, 0.25) is 0 Å². The third-order valence-corrected chi connectivity index (χ3v) is 13.9. The van der Waals surface area contributed by atoms with Gasteiger partial charge in [-0.1, -0.05) is 46.6 Å². The lowest BCUT2D eigenvalue weighted by Gasteiger charge is -2.41. The fourth-order valence-corrected chi connectivity index (χ4v) is 9.77. The number of phenolic OH excluding ortho intramolecular Hbond substituents is 2. The highest BCUT2D eigenvalue weighted by Gasteiger charge is 2.48. The third-order valence-electron chi connectivity index (χ3n) is 13.9. The number of aliphatic carboxylic acids is 1. The Morgan fingerprint density at radius 1 is 0.730 bits per heavy atom. The van der Waals surface area contributed by atoms with Gasteiger partial charge in [-0.05, 0) is 138 Å². The smallest absolute Gasteiger partial charge is 0.307 e. The van der Waals surface area contributed by atoms with Crippen LogP contribution in [-0.2, 0) is 30.6 Å². The van der Waals surface area contributed by atoms with Crippen molar-refractivity contribution < 1.29 is 49.4 Å². The number of aromatic hydroxyl groups is 2. The largest absolute Gasteiger partial charge is 0.508 e. The topological polar surface area (TPSA) is 174 Å². The molecule has 0 saturated carbocycles. The van der Waals surface area contributed by atoms with Gasteiger partial charge in [0, 0.05) is 53.1 Å². The van der Waals surface area contributed by atoms with Crippen LogP contribution in [-0.4, -0.2) is 78.0 Å². The summed E-state index contributed by atoms with van der Waals surface area (Å²) in [5.74, 6) is -3.23. The van der Waals surface area contributed by atoms with Crippen molar-refractivity contribution in [3.63, 3.8) is 0 Å². The van der Waals surface area contributed by atoms with E-state index in [0.717, 1.165) is 25.7 Å².